The molecule has 1 aliphatic rings. The molecular formula is C7H8N4O2. The Balaban J connectivity index is 2.61. The van der Waals surface area contributed by atoms with Gasteiger partial charge in [-0.2, -0.15) is 9.78 Å². The lowest BCUT2D eigenvalue weighted by Gasteiger charge is -1.98. The second-order valence-electron chi connectivity index (χ2n) is 2.85. The molecule has 6 nitrogen and oxygen atoms in total. The third-order valence-corrected chi connectivity index (χ3v) is 2.09. The van der Waals surface area contributed by atoms with E-state index in [4.69, 9.17) is 5.73 Å². The van der Waals surface area contributed by atoms with Crippen LogP contribution in [-0.2, 0) is 6.54 Å². The summed E-state index contributed by atoms with van der Waals surface area (Å²) < 4.78 is 1.05. The number of amides is 2. The maximum Gasteiger partial charge on any atom is 0.339 e. The molecule has 0 fully saturated rings. The predicted octanol–water partition coefficient (Wildman–Crippen LogP) is -0.638. The van der Waals surface area contributed by atoms with Crippen LogP contribution in [0.1, 0.15) is 21.7 Å². The van der Waals surface area contributed by atoms with Crippen molar-refractivity contribution in [3.8, 4) is 0 Å². The zero-order chi connectivity index (χ0) is 9.59. The zero-order valence-electron chi connectivity index (χ0n) is 7.00. The van der Waals surface area contributed by atoms with Crippen molar-refractivity contribution in [2.45, 2.75) is 13.5 Å². The maximum absolute atomic E-state index is 11.1. The van der Waals surface area contributed by atoms with Gasteiger partial charge in [0.05, 0.1) is 5.69 Å². The van der Waals surface area contributed by atoms with Gasteiger partial charge in [-0.1, -0.05) is 0 Å². The maximum atomic E-state index is 11.1. The number of hydrogen-bond acceptors (Lipinski definition) is 3. The zero-order valence-corrected chi connectivity index (χ0v) is 7.00. The van der Waals surface area contributed by atoms with Crippen molar-refractivity contribution < 1.29 is 9.59 Å². The van der Waals surface area contributed by atoms with Gasteiger partial charge in [0.2, 0.25) is 0 Å². The van der Waals surface area contributed by atoms with Crippen molar-refractivity contribution in [3.63, 3.8) is 0 Å². The summed E-state index contributed by atoms with van der Waals surface area (Å²) in [5.74, 6) is -0.252. The highest BCUT2D eigenvalue weighted by molar-refractivity contribution is 5.97. The number of primary amides is 1. The largest absolute Gasteiger partial charge is 0.350 e. The van der Waals surface area contributed by atoms with Crippen LogP contribution in [0.15, 0.2) is 0 Å². The third kappa shape index (κ3) is 0.915. The molecule has 0 radical (unpaired) electrons. The Morgan fingerprint density at radius 3 is 2.92 bits per heavy atom. The Labute approximate surface area is 73.7 Å². The summed E-state index contributed by atoms with van der Waals surface area (Å²) >= 11 is 0. The average Bonchev–Trinajstić information content (AvgIpc) is 2.55. The smallest absolute Gasteiger partial charge is 0.339 e. The number of carbonyl (C=O) groups excluding carboxylic acids is 2. The molecule has 13 heavy (non-hydrogen) atoms. The second-order valence-corrected chi connectivity index (χ2v) is 2.85. The topological polar surface area (TPSA) is 90.0 Å². The lowest BCUT2D eigenvalue weighted by Crippen LogP contribution is -2.24. The molecular weight excluding hydrogens is 172 g/mol. The molecule has 0 aromatic carbocycles. The van der Waals surface area contributed by atoms with E-state index in [1.54, 1.807) is 6.92 Å². The molecule has 0 spiro atoms. The van der Waals surface area contributed by atoms with Crippen molar-refractivity contribution in [2.24, 2.45) is 5.73 Å². The first-order valence-corrected chi connectivity index (χ1v) is 3.77. The SMILES string of the molecule is Cc1c2c(nn1C(N)=O)C(=O)NC2. The summed E-state index contributed by atoms with van der Waals surface area (Å²) in [6.45, 7) is 2.13. The van der Waals surface area contributed by atoms with Crippen molar-refractivity contribution in [1.82, 2.24) is 15.1 Å². The first-order valence-electron chi connectivity index (χ1n) is 3.77. The van der Waals surface area contributed by atoms with Gasteiger partial charge in [-0.3, -0.25) is 4.79 Å². The normalized spacial score (nSPS) is 14.1. The Kier molecular flexibility index (Phi) is 1.39. The van der Waals surface area contributed by atoms with E-state index in [0.29, 0.717) is 17.9 Å². The fourth-order valence-corrected chi connectivity index (χ4v) is 1.40. The van der Waals surface area contributed by atoms with Crippen molar-refractivity contribution in [3.05, 3.63) is 17.0 Å². The molecule has 0 saturated carbocycles. The van der Waals surface area contributed by atoms with Crippen LogP contribution < -0.4 is 11.1 Å². The summed E-state index contributed by atoms with van der Waals surface area (Å²) in [6.07, 6.45) is 0. The molecule has 1 aromatic heterocycles. The fourth-order valence-electron chi connectivity index (χ4n) is 1.40. The van der Waals surface area contributed by atoms with Gasteiger partial charge < -0.3 is 11.1 Å². The fraction of sp³-hybridized carbons (Fsp3) is 0.286. The minimum atomic E-state index is -0.667. The summed E-state index contributed by atoms with van der Waals surface area (Å²) in [4.78, 5) is 21.9. The molecule has 1 aliphatic heterocycles. The molecule has 0 aliphatic carbocycles. The van der Waals surface area contributed by atoms with Gasteiger partial charge in [0, 0.05) is 12.1 Å². The highest BCUT2D eigenvalue weighted by Crippen LogP contribution is 2.17. The van der Waals surface area contributed by atoms with Gasteiger partial charge in [0.25, 0.3) is 5.91 Å². The number of nitrogens with two attached hydrogens (primary N) is 1. The first kappa shape index (κ1) is 7.78. The minimum absolute atomic E-state index is 0.252. The van der Waals surface area contributed by atoms with Crippen LogP contribution in [0, 0.1) is 6.92 Å². The summed E-state index contributed by atoms with van der Waals surface area (Å²) in [6, 6.07) is -0.667. The van der Waals surface area contributed by atoms with Crippen molar-refractivity contribution in [2.75, 3.05) is 0 Å². The van der Waals surface area contributed by atoms with Crippen molar-refractivity contribution in [1.29, 1.82) is 0 Å². The predicted molar refractivity (Wildman–Crippen MR) is 43.1 cm³/mol. The number of nitrogens with zero attached hydrogens (tertiary/aromatic N) is 2. The lowest BCUT2D eigenvalue weighted by atomic mass is 10.2. The highest BCUT2D eigenvalue weighted by Gasteiger charge is 2.27. The second kappa shape index (κ2) is 2.32. The van der Waals surface area contributed by atoms with Crippen molar-refractivity contribution >= 4 is 11.9 Å². The van der Waals surface area contributed by atoms with Gasteiger partial charge in [-0.05, 0) is 6.92 Å². The van der Waals surface area contributed by atoms with Crippen LogP contribution >= 0.6 is 0 Å². The van der Waals surface area contributed by atoms with E-state index in [-0.39, 0.29) is 5.91 Å². The van der Waals surface area contributed by atoms with Gasteiger partial charge >= 0.3 is 6.03 Å². The number of nitrogens with one attached hydrogen (secondary N) is 1. The van der Waals surface area contributed by atoms with E-state index in [0.717, 1.165) is 10.2 Å². The summed E-state index contributed by atoms with van der Waals surface area (Å²) in [7, 11) is 0. The molecule has 2 rings (SSSR count). The molecule has 0 unspecified atom stereocenters. The molecule has 0 bridgehead atoms. The molecule has 0 atom stereocenters. The lowest BCUT2D eigenvalue weighted by molar-refractivity contribution is 0.0960. The van der Waals surface area contributed by atoms with Crippen LogP contribution in [-0.4, -0.2) is 21.7 Å². The van der Waals surface area contributed by atoms with Crippen LogP contribution in [0.25, 0.3) is 0 Å². The molecule has 2 amide bonds. The standard InChI is InChI=1S/C7H8N4O2/c1-3-4-2-9-6(12)5(4)10-11(3)7(8)13/h2H2,1H3,(H2,8,13)(H,9,12). The summed E-state index contributed by atoms with van der Waals surface area (Å²) in [5, 5.41) is 6.41. The summed E-state index contributed by atoms with van der Waals surface area (Å²) in [5.41, 5.74) is 6.73. The van der Waals surface area contributed by atoms with E-state index >= 15 is 0 Å². The van der Waals surface area contributed by atoms with Crippen LogP contribution in [0.5, 0.6) is 0 Å². The molecule has 3 N–H and O–H groups in total. The Morgan fingerprint density at radius 1 is 1.69 bits per heavy atom. The van der Waals surface area contributed by atoms with E-state index < -0.39 is 6.03 Å². The quantitative estimate of drug-likeness (QED) is 0.556. The minimum Gasteiger partial charge on any atom is -0.350 e. The molecule has 6 heteroatoms. The van der Waals surface area contributed by atoms with Gasteiger partial charge in [-0.15, -0.1) is 0 Å². The van der Waals surface area contributed by atoms with Gasteiger partial charge in [0.15, 0.2) is 5.69 Å². The Morgan fingerprint density at radius 2 is 2.38 bits per heavy atom. The van der Waals surface area contributed by atoms with Crippen LogP contribution in [0.2, 0.25) is 0 Å². The third-order valence-electron chi connectivity index (χ3n) is 2.09. The highest BCUT2D eigenvalue weighted by atomic mass is 16.2. The van der Waals surface area contributed by atoms with E-state index in [1.807, 2.05) is 0 Å². The van der Waals surface area contributed by atoms with Crippen LogP contribution in [0.4, 0.5) is 4.79 Å². The van der Waals surface area contributed by atoms with E-state index in [2.05, 4.69) is 10.4 Å². The molecule has 0 saturated heterocycles. The van der Waals surface area contributed by atoms with Gasteiger partial charge in [-0.25, -0.2) is 4.79 Å². The van der Waals surface area contributed by atoms with E-state index in [1.165, 1.54) is 0 Å². The Hall–Kier alpha value is -1.85. The Bertz CT molecular complexity index is 406. The molecule has 2 heterocycles. The van der Waals surface area contributed by atoms with Gasteiger partial charge in [0.1, 0.15) is 0 Å². The number of carbonyl (C=O) groups is 2. The van der Waals surface area contributed by atoms with E-state index in [9.17, 15) is 9.59 Å². The molecule has 68 valence electrons. The number of hydrogen-bond donors (Lipinski definition) is 2. The van der Waals surface area contributed by atoms with Crippen LogP contribution in [0.3, 0.4) is 0 Å². The number of aromatic nitrogens is 2. The number of fused-ring (bicyclic) bond motifs is 1. The first-order chi connectivity index (χ1) is 6.11. The molecule has 1 aromatic rings. The monoisotopic (exact) mass is 180 g/mol. The number of rotatable bonds is 0. The average molecular weight is 180 g/mol.